The molecule has 0 bridgehead atoms. The predicted molar refractivity (Wildman–Crippen MR) is 163 cm³/mol. The number of hydrogen-bond acceptors (Lipinski definition) is 6. The Hall–Kier alpha value is -3.88. The lowest BCUT2D eigenvalue weighted by Crippen LogP contribution is -2.59. The zero-order valence-electron chi connectivity index (χ0n) is 25.9. The van der Waals surface area contributed by atoms with Crippen LogP contribution in [-0.4, -0.2) is 66.2 Å². The fourth-order valence-electron chi connectivity index (χ4n) is 5.27. The number of carbonyl (C=O) groups is 4. The lowest BCUT2D eigenvalue weighted by molar-refractivity contribution is -0.147. The van der Waals surface area contributed by atoms with Crippen LogP contribution in [0, 0.1) is 11.3 Å². The SMILES string of the molecule is C=CCC1CC(C(=O)NC(Cc2ccc3ccccc3c2)C(=O)OC)N(C(=O)C(NC(=O)OC(C)(C)C)C(C)(C)C)C1. The van der Waals surface area contributed by atoms with Gasteiger partial charge in [-0.3, -0.25) is 9.59 Å². The van der Waals surface area contributed by atoms with Crippen LogP contribution in [0.1, 0.15) is 59.9 Å². The molecule has 4 unspecified atom stereocenters. The van der Waals surface area contributed by atoms with E-state index in [0.717, 1.165) is 16.3 Å². The largest absolute Gasteiger partial charge is 0.467 e. The van der Waals surface area contributed by atoms with Crippen molar-refractivity contribution in [1.82, 2.24) is 15.5 Å². The molecule has 0 radical (unpaired) electrons. The molecule has 42 heavy (non-hydrogen) atoms. The zero-order valence-corrected chi connectivity index (χ0v) is 25.9. The molecular formula is C33H45N3O6. The van der Waals surface area contributed by atoms with Crippen molar-refractivity contribution >= 4 is 34.6 Å². The van der Waals surface area contributed by atoms with Gasteiger partial charge in [-0.05, 0) is 61.3 Å². The summed E-state index contributed by atoms with van der Waals surface area (Å²) >= 11 is 0. The number of alkyl carbamates (subject to hydrolysis) is 1. The first-order valence-corrected chi connectivity index (χ1v) is 14.4. The summed E-state index contributed by atoms with van der Waals surface area (Å²) in [7, 11) is 1.28. The van der Waals surface area contributed by atoms with Crippen LogP contribution in [-0.2, 0) is 30.3 Å². The Balaban J connectivity index is 1.85. The molecule has 228 valence electrons. The number of nitrogens with one attached hydrogen (secondary N) is 2. The number of fused-ring (bicyclic) bond motifs is 1. The van der Waals surface area contributed by atoms with Gasteiger partial charge in [0.1, 0.15) is 23.7 Å². The zero-order chi connectivity index (χ0) is 31.2. The fourth-order valence-corrected chi connectivity index (χ4v) is 5.27. The first-order chi connectivity index (χ1) is 19.6. The van der Waals surface area contributed by atoms with E-state index >= 15 is 0 Å². The molecule has 0 aliphatic carbocycles. The average Bonchev–Trinajstić information content (AvgIpc) is 3.33. The summed E-state index contributed by atoms with van der Waals surface area (Å²) in [5.74, 6) is -1.41. The predicted octanol–water partition coefficient (Wildman–Crippen LogP) is 4.77. The first-order valence-electron chi connectivity index (χ1n) is 14.4. The minimum Gasteiger partial charge on any atom is -0.467 e. The van der Waals surface area contributed by atoms with E-state index in [-0.39, 0.29) is 18.2 Å². The number of allylic oxidation sites excluding steroid dienone is 1. The van der Waals surface area contributed by atoms with E-state index < -0.39 is 47.1 Å². The second-order valence-electron chi connectivity index (χ2n) is 13.0. The van der Waals surface area contributed by atoms with Gasteiger partial charge >= 0.3 is 12.1 Å². The quantitative estimate of drug-likeness (QED) is 0.327. The maximum atomic E-state index is 14.0. The molecule has 0 saturated carbocycles. The van der Waals surface area contributed by atoms with Crippen molar-refractivity contribution in [1.29, 1.82) is 0 Å². The molecule has 1 aliphatic rings. The summed E-state index contributed by atoms with van der Waals surface area (Å²) in [4.78, 5) is 54.8. The maximum Gasteiger partial charge on any atom is 0.408 e. The summed E-state index contributed by atoms with van der Waals surface area (Å²) in [6.07, 6.45) is 2.30. The van der Waals surface area contributed by atoms with Crippen LogP contribution in [0.5, 0.6) is 0 Å². The molecule has 9 nitrogen and oxygen atoms in total. The van der Waals surface area contributed by atoms with E-state index in [0.29, 0.717) is 19.4 Å². The minimum atomic E-state index is -0.947. The third kappa shape index (κ3) is 8.57. The van der Waals surface area contributed by atoms with Crippen molar-refractivity contribution in [2.75, 3.05) is 13.7 Å². The average molecular weight is 580 g/mol. The molecule has 0 spiro atoms. The van der Waals surface area contributed by atoms with Crippen molar-refractivity contribution < 1.29 is 28.7 Å². The van der Waals surface area contributed by atoms with E-state index in [4.69, 9.17) is 9.47 Å². The van der Waals surface area contributed by atoms with Crippen LogP contribution in [0.3, 0.4) is 0 Å². The van der Waals surface area contributed by atoms with Crippen molar-refractivity contribution in [2.24, 2.45) is 11.3 Å². The number of ether oxygens (including phenoxy) is 2. The number of rotatable bonds is 9. The smallest absolute Gasteiger partial charge is 0.408 e. The van der Waals surface area contributed by atoms with Crippen molar-refractivity contribution in [2.45, 2.75) is 84.5 Å². The summed E-state index contributed by atoms with van der Waals surface area (Å²) in [6.45, 7) is 14.9. The highest BCUT2D eigenvalue weighted by Gasteiger charge is 2.45. The minimum absolute atomic E-state index is 0.00131. The number of hydrogen-bond donors (Lipinski definition) is 2. The second kappa shape index (κ2) is 13.4. The van der Waals surface area contributed by atoms with Crippen molar-refractivity contribution in [3.05, 3.63) is 60.7 Å². The fraction of sp³-hybridized carbons (Fsp3) is 0.515. The van der Waals surface area contributed by atoms with Gasteiger partial charge in [0.2, 0.25) is 11.8 Å². The van der Waals surface area contributed by atoms with E-state index in [1.807, 2.05) is 63.2 Å². The van der Waals surface area contributed by atoms with Crippen LogP contribution in [0.15, 0.2) is 55.1 Å². The number of carbonyl (C=O) groups excluding carboxylic acids is 4. The molecule has 3 amide bonds. The normalized spacial score (nSPS) is 18.6. The number of likely N-dealkylation sites (tertiary alicyclic amines) is 1. The molecule has 1 fully saturated rings. The topological polar surface area (TPSA) is 114 Å². The van der Waals surface area contributed by atoms with Gasteiger partial charge in [-0.2, -0.15) is 0 Å². The van der Waals surface area contributed by atoms with E-state index in [9.17, 15) is 19.2 Å². The summed E-state index contributed by atoms with van der Waals surface area (Å²) in [6, 6.07) is 11.1. The van der Waals surface area contributed by atoms with Crippen LogP contribution >= 0.6 is 0 Å². The highest BCUT2D eigenvalue weighted by atomic mass is 16.6. The molecule has 1 aliphatic heterocycles. The Morgan fingerprint density at radius 1 is 1.02 bits per heavy atom. The van der Waals surface area contributed by atoms with Gasteiger partial charge in [0.25, 0.3) is 0 Å². The maximum absolute atomic E-state index is 14.0. The number of benzene rings is 2. The van der Waals surface area contributed by atoms with Gasteiger partial charge in [0, 0.05) is 13.0 Å². The molecular weight excluding hydrogens is 534 g/mol. The Morgan fingerprint density at radius 2 is 1.69 bits per heavy atom. The number of esters is 1. The lowest BCUT2D eigenvalue weighted by Gasteiger charge is -2.36. The number of amides is 3. The Labute approximate surface area is 249 Å². The highest BCUT2D eigenvalue weighted by molar-refractivity contribution is 5.94. The van der Waals surface area contributed by atoms with Gasteiger partial charge in [-0.1, -0.05) is 69.3 Å². The second-order valence-corrected chi connectivity index (χ2v) is 13.0. The summed E-state index contributed by atoms with van der Waals surface area (Å²) < 4.78 is 10.4. The molecule has 1 heterocycles. The van der Waals surface area contributed by atoms with Crippen LogP contribution in [0.4, 0.5) is 4.79 Å². The van der Waals surface area contributed by atoms with Gasteiger partial charge in [0.15, 0.2) is 0 Å². The molecule has 0 aromatic heterocycles. The Morgan fingerprint density at radius 3 is 2.29 bits per heavy atom. The lowest BCUT2D eigenvalue weighted by atomic mass is 9.85. The monoisotopic (exact) mass is 579 g/mol. The summed E-state index contributed by atoms with van der Waals surface area (Å²) in [5, 5.41) is 7.69. The molecule has 9 heteroatoms. The number of methoxy groups -OCH3 is 1. The van der Waals surface area contributed by atoms with E-state index in [1.165, 1.54) is 12.0 Å². The van der Waals surface area contributed by atoms with Crippen molar-refractivity contribution in [3.63, 3.8) is 0 Å². The molecule has 2 aromatic rings. The first kappa shape index (κ1) is 32.6. The van der Waals surface area contributed by atoms with Crippen LogP contribution < -0.4 is 10.6 Å². The molecule has 1 saturated heterocycles. The van der Waals surface area contributed by atoms with Crippen LogP contribution in [0.25, 0.3) is 10.8 Å². The summed E-state index contributed by atoms with van der Waals surface area (Å²) in [5.41, 5.74) is -0.548. The van der Waals surface area contributed by atoms with E-state index in [1.54, 1.807) is 26.8 Å². The molecule has 2 aromatic carbocycles. The Bertz CT molecular complexity index is 1310. The number of nitrogens with zero attached hydrogens (tertiary/aromatic N) is 1. The third-order valence-corrected chi connectivity index (χ3v) is 7.30. The molecule has 3 rings (SSSR count). The molecule has 4 atom stereocenters. The van der Waals surface area contributed by atoms with Gasteiger partial charge in [-0.15, -0.1) is 6.58 Å². The highest BCUT2D eigenvalue weighted by Crippen LogP contribution is 2.31. The van der Waals surface area contributed by atoms with Gasteiger partial charge in [0.05, 0.1) is 7.11 Å². The molecule has 2 N–H and O–H groups in total. The van der Waals surface area contributed by atoms with Gasteiger partial charge < -0.3 is 25.0 Å². The van der Waals surface area contributed by atoms with E-state index in [2.05, 4.69) is 17.2 Å². The Kier molecular flexibility index (Phi) is 10.4. The standard InChI is InChI=1S/C33H45N3O6/c1-9-12-22-19-26(36(20-22)29(38)27(32(2,3)4)35-31(40)42-33(5,6)7)28(37)34-25(30(39)41-8)18-21-15-16-23-13-10-11-14-24(23)17-21/h9-11,13-17,22,25-27H,1,12,18-20H2,2-8H3,(H,34,37)(H,35,40). The van der Waals surface area contributed by atoms with Crippen molar-refractivity contribution in [3.8, 4) is 0 Å². The van der Waals surface area contributed by atoms with Gasteiger partial charge in [-0.25, -0.2) is 9.59 Å². The van der Waals surface area contributed by atoms with Crippen LogP contribution in [0.2, 0.25) is 0 Å². The third-order valence-electron chi connectivity index (χ3n) is 7.30.